The van der Waals surface area contributed by atoms with E-state index in [1.807, 2.05) is 60.7 Å². The van der Waals surface area contributed by atoms with E-state index in [-0.39, 0.29) is 19.2 Å². The molecule has 6 nitrogen and oxygen atoms in total. The molecule has 0 saturated heterocycles. The molecule has 7 heteroatoms. The molecule has 0 atom stereocenters. The second-order valence-corrected chi connectivity index (χ2v) is 6.17. The van der Waals surface area contributed by atoms with Crippen LogP contribution in [0.3, 0.4) is 0 Å². The van der Waals surface area contributed by atoms with Gasteiger partial charge in [-0.25, -0.2) is 4.57 Å². The van der Waals surface area contributed by atoms with Crippen LogP contribution in [0.5, 0.6) is 0 Å². The molecule has 0 aliphatic carbocycles. The van der Waals surface area contributed by atoms with Gasteiger partial charge in [0.1, 0.15) is 0 Å². The van der Waals surface area contributed by atoms with E-state index in [1.165, 1.54) is 0 Å². The molecule has 0 unspecified atom stereocenters. The Labute approximate surface area is 129 Å². The quantitative estimate of drug-likeness (QED) is 0.464. The largest absolute Gasteiger partial charge is 0.457 e. The van der Waals surface area contributed by atoms with Crippen molar-refractivity contribution in [2.45, 2.75) is 13.2 Å². The highest BCUT2D eigenvalue weighted by Gasteiger charge is 2.24. The van der Waals surface area contributed by atoms with Crippen molar-refractivity contribution in [2.24, 2.45) is 16.2 Å². The van der Waals surface area contributed by atoms with E-state index in [0.717, 1.165) is 11.1 Å². The van der Waals surface area contributed by atoms with Crippen molar-refractivity contribution in [3.05, 3.63) is 71.8 Å². The van der Waals surface area contributed by atoms with E-state index >= 15 is 0 Å². The summed E-state index contributed by atoms with van der Waals surface area (Å²) in [4.78, 5) is 0. The maximum Gasteiger partial charge on any atom is 0.457 e. The third-order valence-electron chi connectivity index (χ3n) is 2.71. The van der Waals surface area contributed by atoms with Gasteiger partial charge in [-0.1, -0.05) is 60.7 Å². The Kier molecular flexibility index (Phi) is 5.72. The molecule has 0 aliphatic heterocycles. The predicted molar refractivity (Wildman–Crippen MR) is 85.9 cm³/mol. The summed E-state index contributed by atoms with van der Waals surface area (Å²) >= 11 is 0. The van der Waals surface area contributed by atoms with Gasteiger partial charge in [0.05, 0.1) is 13.2 Å². The van der Waals surface area contributed by atoms with Gasteiger partial charge in [0.15, 0.2) is 5.96 Å². The second kappa shape index (κ2) is 7.75. The molecule has 0 saturated carbocycles. The van der Waals surface area contributed by atoms with Gasteiger partial charge in [0, 0.05) is 0 Å². The molecule has 22 heavy (non-hydrogen) atoms. The van der Waals surface area contributed by atoms with E-state index in [4.69, 9.17) is 20.5 Å². The van der Waals surface area contributed by atoms with Crippen LogP contribution in [-0.2, 0) is 26.8 Å². The first-order valence-corrected chi connectivity index (χ1v) is 8.15. The van der Waals surface area contributed by atoms with E-state index < -0.39 is 7.75 Å². The summed E-state index contributed by atoms with van der Waals surface area (Å²) < 4.78 is 26.9. The molecule has 2 aromatic carbocycles. The number of hydrogen-bond donors (Lipinski definition) is 2. The maximum absolute atomic E-state index is 12.6. The zero-order valence-electron chi connectivity index (χ0n) is 12.0. The van der Waals surface area contributed by atoms with Crippen LogP contribution >= 0.6 is 7.75 Å². The van der Waals surface area contributed by atoms with Crippen LogP contribution in [0.4, 0.5) is 0 Å². The highest BCUT2D eigenvalue weighted by molar-refractivity contribution is 7.52. The molecule has 2 aromatic rings. The fourth-order valence-corrected chi connectivity index (χ4v) is 2.79. The fraction of sp³-hybridized carbons (Fsp3) is 0.133. The molecular weight excluding hydrogens is 301 g/mol. The summed E-state index contributed by atoms with van der Waals surface area (Å²) in [6.45, 7) is 0.174. The average Bonchev–Trinajstić information content (AvgIpc) is 2.53. The third kappa shape index (κ3) is 5.33. The molecule has 0 aromatic heterocycles. The number of nitrogens with zero attached hydrogens (tertiary/aromatic N) is 1. The van der Waals surface area contributed by atoms with Crippen LogP contribution in [-0.4, -0.2) is 5.96 Å². The van der Waals surface area contributed by atoms with Gasteiger partial charge in [0.25, 0.3) is 0 Å². The molecule has 0 aliphatic rings. The standard InChI is InChI=1S/C15H18N3O3P/c16-15(17)18-22(19,20-11-13-7-3-1-4-8-13)21-12-14-9-5-2-6-10-14/h1-10H,11-12H2,(H4,16,17,18,19). The zero-order valence-corrected chi connectivity index (χ0v) is 12.9. The molecule has 0 bridgehead atoms. The second-order valence-electron chi connectivity index (χ2n) is 4.51. The zero-order chi connectivity index (χ0) is 15.8. The summed E-state index contributed by atoms with van der Waals surface area (Å²) in [6.07, 6.45) is 0. The van der Waals surface area contributed by atoms with E-state index in [9.17, 15) is 4.57 Å². The summed E-state index contributed by atoms with van der Waals surface area (Å²) in [7, 11) is -3.77. The first-order chi connectivity index (χ1) is 10.6. The topological polar surface area (TPSA) is 99.9 Å². The normalized spacial score (nSPS) is 11.1. The van der Waals surface area contributed by atoms with E-state index in [1.54, 1.807) is 0 Å². The van der Waals surface area contributed by atoms with Crippen LogP contribution in [0.2, 0.25) is 0 Å². The smallest absolute Gasteiger partial charge is 0.370 e. The fourth-order valence-electron chi connectivity index (χ4n) is 1.70. The highest BCUT2D eigenvalue weighted by atomic mass is 31.2. The van der Waals surface area contributed by atoms with Crippen LogP contribution in [0.25, 0.3) is 0 Å². The minimum absolute atomic E-state index is 0.0870. The highest BCUT2D eigenvalue weighted by Crippen LogP contribution is 2.51. The van der Waals surface area contributed by atoms with Crippen LogP contribution in [0.15, 0.2) is 65.4 Å². The Bertz CT molecular complexity index is 611. The molecule has 4 N–H and O–H groups in total. The van der Waals surface area contributed by atoms with Crippen molar-refractivity contribution >= 4 is 13.7 Å². The molecular formula is C15H18N3O3P. The van der Waals surface area contributed by atoms with Gasteiger partial charge in [-0.2, -0.15) is 0 Å². The number of guanidine groups is 1. The lowest BCUT2D eigenvalue weighted by Crippen LogP contribution is -2.22. The minimum atomic E-state index is -3.77. The predicted octanol–water partition coefficient (Wildman–Crippen LogP) is 2.80. The van der Waals surface area contributed by atoms with Crippen molar-refractivity contribution in [3.8, 4) is 0 Å². The van der Waals surface area contributed by atoms with E-state index in [2.05, 4.69) is 4.76 Å². The van der Waals surface area contributed by atoms with Crippen molar-refractivity contribution in [2.75, 3.05) is 0 Å². The van der Waals surface area contributed by atoms with Crippen LogP contribution < -0.4 is 11.5 Å². The SMILES string of the molecule is NC(N)=NP(=O)(OCc1ccccc1)OCc1ccccc1. The Morgan fingerprint density at radius 2 is 1.27 bits per heavy atom. The van der Waals surface area contributed by atoms with Crippen LogP contribution in [0.1, 0.15) is 11.1 Å². The summed E-state index contributed by atoms with van der Waals surface area (Å²) in [5.74, 6) is -0.343. The van der Waals surface area contributed by atoms with Crippen molar-refractivity contribution < 1.29 is 13.6 Å². The molecule has 0 fully saturated rings. The molecule has 2 rings (SSSR count). The van der Waals surface area contributed by atoms with Gasteiger partial charge in [-0.3, -0.25) is 9.05 Å². The van der Waals surface area contributed by atoms with Crippen LogP contribution in [0, 0.1) is 0 Å². The molecule has 0 spiro atoms. The lowest BCUT2D eigenvalue weighted by atomic mass is 10.2. The minimum Gasteiger partial charge on any atom is -0.370 e. The van der Waals surface area contributed by atoms with Gasteiger partial charge >= 0.3 is 7.75 Å². The van der Waals surface area contributed by atoms with Gasteiger partial charge in [-0.05, 0) is 11.1 Å². The number of benzene rings is 2. The Balaban J connectivity index is 2.04. The Hall–Kier alpha value is -2.14. The first-order valence-electron chi connectivity index (χ1n) is 6.65. The molecule has 116 valence electrons. The Morgan fingerprint density at radius 1 is 0.864 bits per heavy atom. The molecule has 0 heterocycles. The molecule has 0 radical (unpaired) electrons. The van der Waals surface area contributed by atoms with Crippen molar-refractivity contribution in [1.82, 2.24) is 0 Å². The van der Waals surface area contributed by atoms with Gasteiger partial charge in [-0.15, -0.1) is 4.76 Å². The van der Waals surface area contributed by atoms with Crippen molar-refractivity contribution in [3.63, 3.8) is 0 Å². The van der Waals surface area contributed by atoms with Crippen molar-refractivity contribution in [1.29, 1.82) is 0 Å². The number of nitrogens with two attached hydrogens (primary N) is 2. The maximum atomic E-state index is 12.6. The lowest BCUT2D eigenvalue weighted by molar-refractivity contribution is 0.192. The summed E-state index contributed by atoms with van der Waals surface area (Å²) in [6, 6.07) is 18.6. The number of rotatable bonds is 7. The van der Waals surface area contributed by atoms with Gasteiger partial charge < -0.3 is 11.5 Å². The first kappa shape index (κ1) is 16.2. The summed E-state index contributed by atoms with van der Waals surface area (Å²) in [5, 5.41) is 0. The molecule has 0 amide bonds. The number of hydrogen-bond acceptors (Lipinski definition) is 3. The monoisotopic (exact) mass is 319 g/mol. The third-order valence-corrected chi connectivity index (χ3v) is 4.10. The lowest BCUT2D eigenvalue weighted by Gasteiger charge is -2.14. The van der Waals surface area contributed by atoms with Gasteiger partial charge in [0.2, 0.25) is 0 Å². The average molecular weight is 319 g/mol. The Morgan fingerprint density at radius 3 is 1.64 bits per heavy atom. The van der Waals surface area contributed by atoms with E-state index in [0.29, 0.717) is 0 Å². The summed E-state index contributed by atoms with van der Waals surface area (Å²) in [5.41, 5.74) is 12.3.